The molecule has 328 valence electrons. The number of rotatable bonds is 24. The Morgan fingerprint density at radius 3 is 2.15 bits per heavy atom. The van der Waals surface area contributed by atoms with Crippen LogP contribution in [0.2, 0.25) is 0 Å². The lowest BCUT2D eigenvalue weighted by Gasteiger charge is -2.39. The highest BCUT2D eigenvalue weighted by Gasteiger charge is 2.41. The van der Waals surface area contributed by atoms with Crippen molar-refractivity contribution >= 4 is 52.6 Å². The Kier molecular flexibility index (Phi) is 20.1. The molecule has 14 nitrogen and oxygen atoms in total. The fourth-order valence-corrected chi connectivity index (χ4v) is 8.50. The van der Waals surface area contributed by atoms with Crippen LogP contribution in [0.15, 0.2) is 42.5 Å². The molecule has 2 N–H and O–H groups in total. The third kappa shape index (κ3) is 13.7. The number of thiocarbonyl (C=S) groups is 1. The van der Waals surface area contributed by atoms with Crippen LogP contribution in [0.3, 0.4) is 0 Å². The summed E-state index contributed by atoms with van der Waals surface area (Å²) < 4.78 is 12.0. The molecule has 15 heteroatoms. The molecule has 7 atom stereocenters. The third-order valence-electron chi connectivity index (χ3n) is 11.9. The highest BCUT2D eigenvalue weighted by Crippen LogP contribution is 2.29. The smallest absolute Gasteiger partial charge is 0.253 e. The first-order valence-electron chi connectivity index (χ1n) is 21.1. The van der Waals surface area contributed by atoms with Crippen molar-refractivity contribution < 1.29 is 38.2 Å². The Morgan fingerprint density at radius 1 is 0.898 bits per heavy atom. The molecule has 0 aliphatic carbocycles. The standard InChI is InChI=1S/C44H68N6O8S/c1-10-30(4)41(34(57-8)26-38(54)49-25-17-20-33(49)42(58-9)31(5)44(59)46-27-32-18-13-11-14-19-32)48(7)39(55)28-45-43(56)40(29(2)3)47(6)35(51)21-15-12-16-24-50-36(52)22-23-37(50)53/h11,13-14,18-19,22-23,29-31,33-34,40-42H,10,12,15-17,20-21,24-28H2,1-9H3,(H,45,56)(H,46,59). The number of carbonyl (C=O) groups excluding carboxylic acids is 6. The van der Waals surface area contributed by atoms with Gasteiger partial charge in [-0.15, -0.1) is 0 Å². The molecule has 2 heterocycles. The molecule has 6 amide bonds. The zero-order chi connectivity index (χ0) is 43.8. The molecule has 0 aromatic heterocycles. The zero-order valence-corrected chi connectivity index (χ0v) is 37.4. The molecule has 1 saturated heterocycles. The molecule has 2 aliphatic heterocycles. The van der Waals surface area contributed by atoms with E-state index in [1.807, 2.05) is 69.9 Å². The molecule has 0 saturated carbocycles. The fraction of sp³-hybridized carbons (Fsp3) is 0.659. The van der Waals surface area contributed by atoms with Gasteiger partial charge in [0, 0.05) is 72.4 Å². The van der Waals surface area contributed by atoms with Crippen molar-refractivity contribution in [1.82, 2.24) is 30.2 Å². The van der Waals surface area contributed by atoms with Crippen LogP contribution in [0.25, 0.3) is 0 Å². The molecule has 7 unspecified atom stereocenters. The number of nitrogens with one attached hydrogen (secondary N) is 2. The minimum Gasteiger partial charge on any atom is -0.379 e. The lowest BCUT2D eigenvalue weighted by Crippen LogP contribution is -2.55. The van der Waals surface area contributed by atoms with Crippen molar-refractivity contribution in [3.05, 3.63) is 48.0 Å². The quantitative estimate of drug-likeness (QED) is 0.0883. The highest BCUT2D eigenvalue weighted by molar-refractivity contribution is 7.80. The summed E-state index contributed by atoms with van der Waals surface area (Å²) in [7, 11) is 6.47. The van der Waals surface area contributed by atoms with Crippen molar-refractivity contribution in [1.29, 1.82) is 0 Å². The first-order chi connectivity index (χ1) is 28.1. The number of benzene rings is 1. The second-order valence-electron chi connectivity index (χ2n) is 16.2. The maximum Gasteiger partial charge on any atom is 0.253 e. The number of ether oxygens (including phenoxy) is 2. The van der Waals surface area contributed by atoms with E-state index in [0.29, 0.717) is 43.9 Å². The van der Waals surface area contributed by atoms with Crippen molar-refractivity contribution in [2.24, 2.45) is 17.8 Å². The molecule has 0 radical (unpaired) electrons. The number of likely N-dealkylation sites (N-methyl/N-ethyl adjacent to an activating group) is 2. The second-order valence-corrected chi connectivity index (χ2v) is 16.7. The molecule has 0 spiro atoms. The number of imide groups is 1. The van der Waals surface area contributed by atoms with E-state index in [0.717, 1.165) is 24.8 Å². The summed E-state index contributed by atoms with van der Waals surface area (Å²) in [5.74, 6) is -2.14. The van der Waals surface area contributed by atoms with Gasteiger partial charge in [-0.1, -0.05) is 90.0 Å². The van der Waals surface area contributed by atoms with E-state index < -0.39 is 24.1 Å². The molecule has 59 heavy (non-hydrogen) atoms. The summed E-state index contributed by atoms with van der Waals surface area (Å²) >= 11 is 5.79. The molecule has 1 aromatic rings. The zero-order valence-electron chi connectivity index (χ0n) is 36.6. The number of hydrogen-bond acceptors (Lipinski definition) is 9. The van der Waals surface area contributed by atoms with Crippen LogP contribution in [0.5, 0.6) is 0 Å². The number of methoxy groups -OCH3 is 2. The third-order valence-corrected chi connectivity index (χ3v) is 12.4. The number of likely N-dealkylation sites (tertiary alicyclic amines) is 1. The highest BCUT2D eigenvalue weighted by atomic mass is 32.1. The van der Waals surface area contributed by atoms with Gasteiger partial charge in [0.15, 0.2) is 0 Å². The molecular weight excluding hydrogens is 773 g/mol. The van der Waals surface area contributed by atoms with Gasteiger partial charge in [0.2, 0.25) is 23.6 Å². The van der Waals surface area contributed by atoms with Gasteiger partial charge in [-0.05, 0) is 43.1 Å². The van der Waals surface area contributed by atoms with E-state index in [2.05, 4.69) is 10.6 Å². The second kappa shape index (κ2) is 24.1. The van der Waals surface area contributed by atoms with Crippen LogP contribution in [-0.4, -0.2) is 138 Å². The van der Waals surface area contributed by atoms with Gasteiger partial charge in [0.1, 0.15) is 6.04 Å². The van der Waals surface area contributed by atoms with Gasteiger partial charge in [-0.2, -0.15) is 0 Å². The summed E-state index contributed by atoms with van der Waals surface area (Å²) in [6.45, 7) is 10.9. The van der Waals surface area contributed by atoms with E-state index in [4.69, 9.17) is 21.7 Å². The Morgan fingerprint density at radius 2 is 1.56 bits per heavy atom. The minimum atomic E-state index is -0.803. The van der Waals surface area contributed by atoms with Crippen LogP contribution >= 0.6 is 12.2 Å². The van der Waals surface area contributed by atoms with Gasteiger partial charge in [-0.3, -0.25) is 33.7 Å². The normalized spacial score (nSPS) is 18.3. The van der Waals surface area contributed by atoms with E-state index in [9.17, 15) is 28.8 Å². The molecule has 1 aromatic carbocycles. The van der Waals surface area contributed by atoms with Crippen LogP contribution in [0.4, 0.5) is 0 Å². The minimum absolute atomic E-state index is 0.0354. The topological polar surface area (TPSA) is 158 Å². The lowest BCUT2D eigenvalue weighted by atomic mass is 9.90. The van der Waals surface area contributed by atoms with Crippen molar-refractivity contribution in [3.8, 4) is 0 Å². The van der Waals surface area contributed by atoms with Crippen LogP contribution in [-0.2, 0) is 44.8 Å². The maximum absolute atomic E-state index is 14.1. The van der Waals surface area contributed by atoms with Gasteiger partial charge < -0.3 is 34.8 Å². The molecule has 1 fully saturated rings. The van der Waals surface area contributed by atoms with Crippen molar-refractivity contribution in [2.75, 3.05) is 47.9 Å². The van der Waals surface area contributed by atoms with Gasteiger partial charge in [-0.25, -0.2) is 0 Å². The van der Waals surface area contributed by atoms with Crippen LogP contribution < -0.4 is 10.6 Å². The Bertz CT molecular complexity index is 1610. The largest absolute Gasteiger partial charge is 0.379 e. The average molecular weight is 841 g/mol. The maximum atomic E-state index is 14.1. The van der Waals surface area contributed by atoms with Gasteiger partial charge in [0.25, 0.3) is 11.8 Å². The summed E-state index contributed by atoms with van der Waals surface area (Å²) in [6.07, 6.45) is 5.91. The lowest BCUT2D eigenvalue weighted by molar-refractivity contribution is -0.145. The van der Waals surface area contributed by atoms with E-state index in [-0.39, 0.29) is 78.8 Å². The predicted octanol–water partition coefficient (Wildman–Crippen LogP) is 4.11. The first-order valence-corrected chi connectivity index (χ1v) is 21.5. The average Bonchev–Trinajstić information content (AvgIpc) is 3.84. The summed E-state index contributed by atoms with van der Waals surface area (Å²) in [5.41, 5.74) is 1.12. The van der Waals surface area contributed by atoms with Gasteiger partial charge >= 0.3 is 0 Å². The monoisotopic (exact) mass is 840 g/mol. The summed E-state index contributed by atoms with van der Waals surface area (Å²) in [4.78, 5) is 84.9. The van der Waals surface area contributed by atoms with E-state index in [1.165, 1.54) is 22.0 Å². The molecule has 0 bridgehead atoms. The van der Waals surface area contributed by atoms with E-state index in [1.54, 1.807) is 33.2 Å². The number of hydrogen-bond donors (Lipinski definition) is 2. The Hall–Kier alpha value is -4.21. The molecule has 3 rings (SSSR count). The van der Waals surface area contributed by atoms with Crippen molar-refractivity contribution in [2.45, 2.75) is 123 Å². The number of unbranched alkanes of at least 4 members (excludes halogenated alkanes) is 2. The summed E-state index contributed by atoms with van der Waals surface area (Å²) in [5, 5.41) is 6.14. The number of carbonyl (C=O) groups is 6. The van der Waals surface area contributed by atoms with Crippen LogP contribution in [0, 0.1) is 17.8 Å². The fourth-order valence-electron chi connectivity index (χ4n) is 8.30. The molecule has 2 aliphatic rings. The van der Waals surface area contributed by atoms with Gasteiger partial charge in [0.05, 0.1) is 42.2 Å². The Labute approximate surface area is 356 Å². The predicted molar refractivity (Wildman–Crippen MR) is 231 cm³/mol. The Balaban J connectivity index is 1.59. The first kappa shape index (κ1) is 49.2. The number of amides is 6. The van der Waals surface area contributed by atoms with E-state index >= 15 is 0 Å². The summed E-state index contributed by atoms with van der Waals surface area (Å²) in [6, 6.07) is 8.58. The SMILES string of the molecule is CCC(C)C(C(CC(=O)N1CCCC1C(OC)C(C)C(=S)NCc1ccccc1)OC)N(C)C(=O)CNC(=O)C(C(C)C)N(C)C(=O)CCCCCN1C(=O)C=CC1=O. The number of nitrogens with zero attached hydrogens (tertiary/aromatic N) is 4. The molecular formula is C44H68N6O8S. The van der Waals surface area contributed by atoms with Crippen LogP contribution in [0.1, 0.15) is 91.5 Å². The van der Waals surface area contributed by atoms with Crippen molar-refractivity contribution in [3.63, 3.8) is 0 Å².